The maximum absolute atomic E-state index is 12.1. The Morgan fingerprint density at radius 2 is 1.65 bits per heavy atom. The minimum Gasteiger partial charge on any atom is -0.367 e. The van der Waals surface area contributed by atoms with Gasteiger partial charge in [-0.1, -0.05) is 12.1 Å². The van der Waals surface area contributed by atoms with Crippen LogP contribution in [0.2, 0.25) is 0 Å². The molecule has 3 aromatic rings. The molecule has 2 aromatic heterocycles. The number of nitrogens with one attached hydrogen (secondary N) is 3. The van der Waals surface area contributed by atoms with E-state index >= 15 is 0 Å². The lowest BCUT2D eigenvalue weighted by Gasteiger charge is -2.09. The van der Waals surface area contributed by atoms with Crippen LogP contribution in [0.3, 0.4) is 0 Å². The number of carbonyl (C=O) groups is 1. The molecule has 0 atom stereocenters. The predicted molar refractivity (Wildman–Crippen MR) is 110 cm³/mol. The van der Waals surface area contributed by atoms with E-state index in [-0.39, 0.29) is 5.91 Å². The molecule has 0 aliphatic rings. The summed E-state index contributed by atoms with van der Waals surface area (Å²) in [5.41, 5.74) is 1.58. The number of benzene rings is 1. The van der Waals surface area contributed by atoms with Gasteiger partial charge in [0.25, 0.3) is 5.91 Å². The number of halogens is 1. The van der Waals surface area contributed by atoms with E-state index in [1.165, 1.54) is 0 Å². The first-order valence-electron chi connectivity index (χ1n) is 8.00. The highest BCUT2D eigenvalue weighted by Gasteiger charge is 2.07. The zero-order valence-corrected chi connectivity index (χ0v) is 16.0. The maximum atomic E-state index is 12.1. The van der Waals surface area contributed by atoms with Crippen molar-refractivity contribution in [2.45, 2.75) is 0 Å². The van der Waals surface area contributed by atoms with Crippen LogP contribution in [-0.4, -0.2) is 34.2 Å². The molecule has 132 valence electrons. The number of rotatable bonds is 7. The molecule has 3 N–H and O–H groups in total. The van der Waals surface area contributed by atoms with Crippen LogP contribution in [0.15, 0.2) is 60.9 Å². The zero-order valence-electron chi connectivity index (χ0n) is 13.8. The summed E-state index contributed by atoms with van der Waals surface area (Å²) in [5, 5.41) is 17.4. The van der Waals surface area contributed by atoms with Crippen molar-refractivity contribution in [3.8, 4) is 0 Å². The van der Waals surface area contributed by atoms with Crippen LogP contribution in [0.1, 0.15) is 10.4 Å². The van der Waals surface area contributed by atoms with Crippen molar-refractivity contribution >= 4 is 45.8 Å². The maximum Gasteiger partial charge on any atom is 0.252 e. The van der Waals surface area contributed by atoms with Gasteiger partial charge in [0.15, 0.2) is 5.82 Å². The molecule has 2 heterocycles. The smallest absolute Gasteiger partial charge is 0.252 e. The third kappa shape index (κ3) is 5.12. The van der Waals surface area contributed by atoms with Crippen LogP contribution in [-0.2, 0) is 0 Å². The summed E-state index contributed by atoms with van der Waals surface area (Å²) < 4.78 is 0.929. The summed E-state index contributed by atoms with van der Waals surface area (Å²) in [6.07, 6.45) is 3.41. The fourth-order valence-electron chi connectivity index (χ4n) is 2.18. The van der Waals surface area contributed by atoms with Crippen molar-refractivity contribution in [3.05, 3.63) is 70.1 Å². The molecule has 0 saturated heterocycles. The minimum absolute atomic E-state index is 0.0835. The molecule has 0 bridgehead atoms. The van der Waals surface area contributed by atoms with Crippen molar-refractivity contribution in [2.24, 2.45) is 0 Å². The van der Waals surface area contributed by atoms with Crippen LogP contribution < -0.4 is 16.0 Å². The number of aromatic nitrogens is 3. The molecular formula is C18H17IN6O. The van der Waals surface area contributed by atoms with E-state index in [4.69, 9.17) is 0 Å². The highest BCUT2D eigenvalue weighted by molar-refractivity contribution is 14.1. The van der Waals surface area contributed by atoms with Gasteiger partial charge in [0.05, 0.1) is 5.56 Å². The molecule has 0 saturated carbocycles. The van der Waals surface area contributed by atoms with E-state index in [1.807, 2.05) is 48.5 Å². The first kappa shape index (κ1) is 18.1. The topological polar surface area (TPSA) is 91.8 Å². The lowest BCUT2D eigenvalue weighted by atomic mass is 10.2. The van der Waals surface area contributed by atoms with Crippen molar-refractivity contribution in [2.75, 3.05) is 23.7 Å². The van der Waals surface area contributed by atoms with Crippen molar-refractivity contribution in [1.82, 2.24) is 20.5 Å². The number of hydrogen-bond donors (Lipinski definition) is 3. The molecule has 0 unspecified atom stereocenters. The summed E-state index contributed by atoms with van der Waals surface area (Å²) in [6, 6.07) is 14.8. The minimum atomic E-state index is -0.0835. The average Bonchev–Trinajstić information content (AvgIpc) is 2.67. The molecule has 0 aliphatic heterocycles. The Morgan fingerprint density at radius 1 is 0.923 bits per heavy atom. The SMILES string of the molecule is O=C(NCCNc1ccc(Nc2ccncc2)nn1)c1ccccc1I. The second kappa shape index (κ2) is 9.09. The fourth-order valence-corrected chi connectivity index (χ4v) is 2.82. The average molecular weight is 460 g/mol. The van der Waals surface area contributed by atoms with Gasteiger partial charge in [-0.3, -0.25) is 9.78 Å². The number of anilines is 3. The molecule has 8 heteroatoms. The quantitative estimate of drug-likeness (QED) is 0.371. The van der Waals surface area contributed by atoms with Gasteiger partial charge in [-0.15, -0.1) is 10.2 Å². The van der Waals surface area contributed by atoms with Gasteiger partial charge < -0.3 is 16.0 Å². The van der Waals surface area contributed by atoms with Crippen LogP contribution in [0, 0.1) is 3.57 Å². The Kier molecular flexibility index (Phi) is 6.31. The third-order valence-corrected chi connectivity index (χ3v) is 4.39. The Bertz CT molecular complexity index is 857. The Morgan fingerprint density at radius 3 is 2.38 bits per heavy atom. The molecular weight excluding hydrogens is 443 g/mol. The van der Waals surface area contributed by atoms with E-state index in [0.29, 0.717) is 30.3 Å². The molecule has 3 rings (SSSR count). The van der Waals surface area contributed by atoms with E-state index in [2.05, 4.69) is 53.7 Å². The summed E-state index contributed by atoms with van der Waals surface area (Å²) in [5.74, 6) is 1.21. The molecule has 1 amide bonds. The van der Waals surface area contributed by atoms with Gasteiger partial charge in [0, 0.05) is 34.7 Å². The summed E-state index contributed by atoms with van der Waals surface area (Å²) in [4.78, 5) is 16.1. The fraction of sp³-hybridized carbons (Fsp3) is 0.111. The molecule has 0 spiro atoms. The molecule has 0 fully saturated rings. The summed E-state index contributed by atoms with van der Waals surface area (Å²) >= 11 is 2.15. The Labute approximate surface area is 164 Å². The monoisotopic (exact) mass is 460 g/mol. The number of amides is 1. The second-order valence-corrected chi connectivity index (χ2v) is 6.49. The van der Waals surface area contributed by atoms with E-state index in [9.17, 15) is 4.79 Å². The lowest BCUT2D eigenvalue weighted by Crippen LogP contribution is -2.29. The van der Waals surface area contributed by atoms with Crippen molar-refractivity contribution in [1.29, 1.82) is 0 Å². The highest BCUT2D eigenvalue weighted by atomic mass is 127. The van der Waals surface area contributed by atoms with Crippen molar-refractivity contribution in [3.63, 3.8) is 0 Å². The van der Waals surface area contributed by atoms with Gasteiger partial charge in [-0.2, -0.15) is 0 Å². The standard InChI is InChI=1S/C18H17IN6O/c19-15-4-2-1-3-14(15)18(26)22-12-11-21-16-5-6-17(25-24-16)23-13-7-9-20-10-8-13/h1-10H,11-12H2,(H,21,24)(H,22,26)(H,20,23,25). The number of nitrogens with zero attached hydrogens (tertiary/aromatic N) is 3. The van der Waals surface area contributed by atoms with E-state index in [1.54, 1.807) is 12.4 Å². The Hall–Kier alpha value is -2.75. The van der Waals surface area contributed by atoms with Gasteiger partial charge in [0.2, 0.25) is 0 Å². The number of pyridine rings is 1. The molecule has 26 heavy (non-hydrogen) atoms. The normalized spacial score (nSPS) is 10.2. The highest BCUT2D eigenvalue weighted by Crippen LogP contribution is 2.13. The van der Waals surface area contributed by atoms with Crippen molar-refractivity contribution < 1.29 is 4.79 Å². The van der Waals surface area contributed by atoms with E-state index < -0.39 is 0 Å². The van der Waals surface area contributed by atoms with Crippen LogP contribution >= 0.6 is 22.6 Å². The molecule has 7 nitrogen and oxygen atoms in total. The van der Waals surface area contributed by atoms with Gasteiger partial charge in [-0.25, -0.2) is 0 Å². The summed E-state index contributed by atoms with van der Waals surface area (Å²) in [6.45, 7) is 1.05. The predicted octanol–water partition coefficient (Wildman–Crippen LogP) is 3.06. The number of hydrogen-bond acceptors (Lipinski definition) is 6. The van der Waals surface area contributed by atoms with Crippen LogP contribution in [0.5, 0.6) is 0 Å². The Balaban J connectivity index is 1.44. The zero-order chi connectivity index (χ0) is 18.2. The molecule has 1 aromatic carbocycles. The largest absolute Gasteiger partial charge is 0.367 e. The lowest BCUT2D eigenvalue weighted by molar-refractivity contribution is 0.0954. The van der Waals surface area contributed by atoms with Gasteiger partial charge in [0.1, 0.15) is 5.82 Å². The molecule has 0 aliphatic carbocycles. The van der Waals surface area contributed by atoms with Crippen LogP contribution in [0.25, 0.3) is 0 Å². The first-order valence-corrected chi connectivity index (χ1v) is 9.07. The third-order valence-electron chi connectivity index (χ3n) is 3.45. The van der Waals surface area contributed by atoms with Gasteiger partial charge in [-0.05, 0) is 59.0 Å². The first-order chi connectivity index (χ1) is 12.7. The molecule has 0 radical (unpaired) electrons. The van der Waals surface area contributed by atoms with Crippen LogP contribution in [0.4, 0.5) is 17.3 Å². The van der Waals surface area contributed by atoms with Gasteiger partial charge >= 0.3 is 0 Å². The summed E-state index contributed by atoms with van der Waals surface area (Å²) in [7, 11) is 0. The number of carbonyl (C=O) groups excluding carboxylic acids is 1. The van der Waals surface area contributed by atoms with E-state index in [0.717, 1.165) is 9.26 Å². The second-order valence-electron chi connectivity index (χ2n) is 5.33.